The Kier molecular flexibility index (Phi) is 3.69. The summed E-state index contributed by atoms with van der Waals surface area (Å²) in [5.74, 6) is -0.0266. The Balaban J connectivity index is 1.59. The molecule has 0 bridgehead atoms. The number of aromatic nitrogens is 2. The molecule has 2 aromatic carbocycles. The number of hydrogen-bond acceptors (Lipinski definition) is 2. The highest BCUT2D eigenvalue weighted by molar-refractivity contribution is 5.94. The Morgan fingerprint density at radius 3 is 3.00 bits per heavy atom. The van der Waals surface area contributed by atoms with Crippen LogP contribution in [0, 0.1) is 6.92 Å². The van der Waals surface area contributed by atoms with E-state index in [9.17, 15) is 4.79 Å². The fourth-order valence-electron chi connectivity index (χ4n) is 2.35. The van der Waals surface area contributed by atoms with Crippen molar-refractivity contribution in [1.29, 1.82) is 0 Å². The molecule has 0 saturated carbocycles. The number of H-pyrrole nitrogens is 1. The van der Waals surface area contributed by atoms with Crippen LogP contribution in [0.4, 0.5) is 0 Å². The predicted molar refractivity (Wildman–Crippen MR) is 83.3 cm³/mol. The van der Waals surface area contributed by atoms with Crippen molar-refractivity contribution in [3.63, 3.8) is 0 Å². The van der Waals surface area contributed by atoms with Gasteiger partial charge in [-0.2, -0.15) is 0 Å². The Morgan fingerprint density at radius 1 is 1.24 bits per heavy atom. The quantitative estimate of drug-likeness (QED) is 0.771. The van der Waals surface area contributed by atoms with E-state index in [4.69, 9.17) is 0 Å². The number of benzene rings is 2. The van der Waals surface area contributed by atoms with Crippen molar-refractivity contribution in [1.82, 2.24) is 15.3 Å². The van der Waals surface area contributed by atoms with E-state index in [2.05, 4.69) is 21.4 Å². The number of amides is 1. The van der Waals surface area contributed by atoms with Crippen LogP contribution in [0.2, 0.25) is 0 Å². The third kappa shape index (κ3) is 3.11. The molecule has 0 aliphatic rings. The van der Waals surface area contributed by atoms with Gasteiger partial charge in [-0.05, 0) is 43.2 Å². The first-order valence-electron chi connectivity index (χ1n) is 6.99. The van der Waals surface area contributed by atoms with Gasteiger partial charge in [-0.25, -0.2) is 4.98 Å². The van der Waals surface area contributed by atoms with E-state index in [1.165, 1.54) is 5.56 Å². The number of nitrogens with zero attached hydrogens (tertiary/aromatic N) is 1. The zero-order valence-electron chi connectivity index (χ0n) is 11.9. The van der Waals surface area contributed by atoms with Crippen molar-refractivity contribution in [3.05, 3.63) is 65.5 Å². The number of rotatable bonds is 4. The van der Waals surface area contributed by atoms with E-state index in [1.54, 1.807) is 6.33 Å². The lowest BCUT2D eigenvalue weighted by molar-refractivity contribution is 0.0954. The molecular formula is C17H17N3O. The fraction of sp³-hybridized carbons (Fsp3) is 0.176. The summed E-state index contributed by atoms with van der Waals surface area (Å²) in [4.78, 5) is 19.3. The zero-order chi connectivity index (χ0) is 14.7. The van der Waals surface area contributed by atoms with Gasteiger partial charge in [-0.15, -0.1) is 0 Å². The SMILES string of the molecule is Cc1cccc(C(=O)NCCc2ccc3nc[nH]c3c2)c1. The van der Waals surface area contributed by atoms with Gasteiger partial charge >= 0.3 is 0 Å². The summed E-state index contributed by atoms with van der Waals surface area (Å²) in [5, 5.41) is 2.95. The molecule has 1 amide bonds. The monoisotopic (exact) mass is 279 g/mol. The van der Waals surface area contributed by atoms with Gasteiger partial charge in [0.2, 0.25) is 0 Å². The number of imidazole rings is 1. The number of carbonyl (C=O) groups is 1. The van der Waals surface area contributed by atoms with Gasteiger partial charge in [0, 0.05) is 12.1 Å². The maximum absolute atomic E-state index is 12.0. The molecule has 0 saturated heterocycles. The lowest BCUT2D eigenvalue weighted by atomic mass is 10.1. The van der Waals surface area contributed by atoms with Crippen LogP contribution in [0.1, 0.15) is 21.5 Å². The summed E-state index contributed by atoms with van der Waals surface area (Å²) in [6, 6.07) is 13.7. The summed E-state index contributed by atoms with van der Waals surface area (Å²) < 4.78 is 0. The van der Waals surface area contributed by atoms with E-state index in [0.717, 1.165) is 23.0 Å². The molecule has 1 heterocycles. The first-order valence-corrected chi connectivity index (χ1v) is 6.99. The van der Waals surface area contributed by atoms with Crippen molar-refractivity contribution < 1.29 is 4.79 Å². The van der Waals surface area contributed by atoms with Gasteiger partial charge in [0.05, 0.1) is 17.4 Å². The maximum Gasteiger partial charge on any atom is 0.251 e. The average Bonchev–Trinajstić information content (AvgIpc) is 2.94. The molecule has 0 aliphatic carbocycles. The number of nitrogens with one attached hydrogen (secondary N) is 2. The second kappa shape index (κ2) is 5.79. The van der Waals surface area contributed by atoms with E-state index in [1.807, 2.05) is 43.3 Å². The van der Waals surface area contributed by atoms with Crippen molar-refractivity contribution in [2.75, 3.05) is 6.54 Å². The van der Waals surface area contributed by atoms with Gasteiger partial charge in [0.1, 0.15) is 0 Å². The van der Waals surface area contributed by atoms with Gasteiger partial charge in [-0.3, -0.25) is 4.79 Å². The van der Waals surface area contributed by atoms with Crippen molar-refractivity contribution in [2.24, 2.45) is 0 Å². The molecule has 21 heavy (non-hydrogen) atoms. The van der Waals surface area contributed by atoms with Gasteiger partial charge in [0.25, 0.3) is 5.91 Å². The lowest BCUT2D eigenvalue weighted by Crippen LogP contribution is -2.25. The molecule has 0 unspecified atom stereocenters. The fourth-order valence-corrected chi connectivity index (χ4v) is 2.35. The van der Waals surface area contributed by atoms with Crippen LogP contribution in [0.5, 0.6) is 0 Å². The third-order valence-electron chi connectivity index (χ3n) is 3.46. The highest BCUT2D eigenvalue weighted by Crippen LogP contribution is 2.11. The first kappa shape index (κ1) is 13.4. The van der Waals surface area contributed by atoms with Gasteiger partial charge in [-0.1, -0.05) is 23.8 Å². The molecule has 0 aliphatic heterocycles. The Morgan fingerprint density at radius 2 is 2.14 bits per heavy atom. The Bertz CT molecular complexity index is 776. The number of hydrogen-bond donors (Lipinski definition) is 2. The molecule has 2 N–H and O–H groups in total. The molecule has 0 spiro atoms. The van der Waals surface area contributed by atoms with Crippen molar-refractivity contribution in [3.8, 4) is 0 Å². The minimum atomic E-state index is -0.0266. The topological polar surface area (TPSA) is 57.8 Å². The maximum atomic E-state index is 12.0. The highest BCUT2D eigenvalue weighted by Gasteiger charge is 2.05. The summed E-state index contributed by atoms with van der Waals surface area (Å²) in [5.41, 5.74) is 4.96. The van der Waals surface area contributed by atoms with Crippen LogP contribution in [-0.2, 0) is 6.42 Å². The molecule has 0 atom stereocenters. The summed E-state index contributed by atoms with van der Waals surface area (Å²) in [6.07, 6.45) is 2.49. The van der Waals surface area contributed by atoms with Crippen LogP contribution in [0.3, 0.4) is 0 Å². The van der Waals surface area contributed by atoms with Crippen LogP contribution in [0.25, 0.3) is 11.0 Å². The largest absolute Gasteiger partial charge is 0.352 e. The van der Waals surface area contributed by atoms with Gasteiger partial charge in [0.15, 0.2) is 0 Å². The molecule has 4 nitrogen and oxygen atoms in total. The average molecular weight is 279 g/mol. The predicted octanol–water partition coefficient (Wildman–Crippen LogP) is 2.84. The summed E-state index contributed by atoms with van der Waals surface area (Å²) in [7, 11) is 0. The first-order chi connectivity index (χ1) is 10.2. The molecule has 4 heteroatoms. The summed E-state index contributed by atoms with van der Waals surface area (Å²) >= 11 is 0. The van der Waals surface area contributed by atoms with Crippen molar-refractivity contribution >= 4 is 16.9 Å². The van der Waals surface area contributed by atoms with Gasteiger partial charge < -0.3 is 10.3 Å². The standard InChI is InChI=1S/C17H17N3O/c1-12-3-2-4-14(9-12)17(21)18-8-7-13-5-6-15-16(10-13)20-11-19-15/h2-6,9-11H,7-8H2,1H3,(H,18,21)(H,19,20). The van der Waals surface area contributed by atoms with Crippen molar-refractivity contribution in [2.45, 2.75) is 13.3 Å². The molecule has 0 radical (unpaired) electrons. The van der Waals surface area contributed by atoms with E-state index < -0.39 is 0 Å². The minimum Gasteiger partial charge on any atom is -0.352 e. The second-order valence-corrected chi connectivity index (χ2v) is 5.13. The molecular weight excluding hydrogens is 262 g/mol. The molecule has 3 rings (SSSR count). The van der Waals surface area contributed by atoms with Crippen LogP contribution < -0.4 is 5.32 Å². The van der Waals surface area contributed by atoms with E-state index in [0.29, 0.717) is 12.1 Å². The Hall–Kier alpha value is -2.62. The minimum absolute atomic E-state index is 0.0266. The van der Waals surface area contributed by atoms with E-state index >= 15 is 0 Å². The number of carbonyl (C=O) groups excluding carboxylic acids is 1. The molecule has 106 valence electrons. The number of aromatic amines is 1. The normalized spacial score (nSPS) is 10.7. The van der Waals surface area contributed by atoms with Crippen LogP contribution in [0.15, 0.2) is 48.8 Å². The molecule has 3 aromatic rings. The molecule has 0 fully saturated rings. The number of fused-ring (bicyclic) bond motifs is 1. The highest BCUT2D eigenvalue weighted by atomic mass is 16.1. The third-order valence-corrected chi connectivity index (χ3v) is 3.46. The second-order valence-electron chi connectivity index (χ2n) is 5.13. The number of aryl methyl sites for hydroxylation is 1. The zero-order valence-corrected chi connectivity index (χ0v) is 11.9. The smallest absolute Gasteiger partial charge is 0.251 e. The van der Waals surface area contributed by atoms with Crippen LogP contribution >= 0.6 is 0 Å². The molecule has 1 aromatic heterocycles. The lowest BCUT2D eigenvalue weighted by Gasteiger charge is -2.06. The van der Waals surface area contributed by atoms with Crippen LogP contribution in [-0.4, -0.2) is 22.4 Å². The summed E-state index contributed by atoms with van der Waals surface area (Å²) in [6.45, 7) is 2.60. The van der Waals surface area contributed by atoms with E-state index in [-0.39, 0.29) is 5.91 Å². The Labute approximate surface area is 123 Å².